The molecule has 7 nitrogen and oxygen atoms in total. The molecule has 0 radical (unpaired) electrons. The van der Waals surface area contributed by atoms with E-state index in [1.54, 1.807) is 12.1 Å². The van der Waals surface area contributed by atoms with Crippen LogP contribution in [0.15, 0.2) is 41.3 Å². The first kappa shape index (κ1) is 20.5. The zero-order valence-corrected chi connectivity index (χ0v) is 16.5. The largest absolute Gasteiger partial charge is 0.495 e. The minimum atomic E-state index is -4.09. The maximum Gasteiger partial charge on any atom is 0.255 e. The standard InChI is InChI=1S/C18H18ClFN2O5S/c1-26-16-5-3-13(19)11-15(16)21-18(23)12-2-4-14(20)17(10-12)28(24,25)22-6-8-27-9-7-22/h2-5,10-11H,6-9H2,1H3,(H,21,23). The summed E-state index contributed by atoms with van der Waals surface area (Å²) in [6, 6.07) is 7.86. The molecule has 1 saturated heterocycles. The van der Waals surface area contributed by atoms with Crippen LogP contribution in [0.3, 0.4) is 0 Å². The van der Waals surface area contributed by atoms with Crippen molar-refractivity contribution in [3.05, 3.63) is 52.8 Å². The lowest BCUT2D eigenvalue weighted by Crippen LogP contribution is -2.41. The van der Waals surface area contributed by atoms with Crippen molar-refractivity contribution >= 4 is 33.2 Å². The van der Waals surface area contributed by atoms with E-state index in [1.807, 2.05) is 0 Å². The Balaban J connectivity index is 1.91. The number of carbonyl (C=O) groups excluding carboxylic acids is 1. The first-order valence-corrected chi connectivity index (χ1v) is 10.2. The second kappa shape index (κ2) is 8.44. The van der Waals surface area contributed by atoms with Gasteiger partial charge in [-0.1, -0.05) is 11.6 Å². The van der Waals surface area contributed by atoms with Crippen LogP contribution in [0, 0.1) is 5.82 Å². The summed E-state index contributed by atoms with van der Waals surface area (Å²) in [6.07, 6.45) is 0. The maximum atomic E-state index is 14.3. The molecule has 2 aromatic carbocycles. The number of halogens is 2. The number of nitrogens with one attached hydrogen (secondary N) is 1. The Bertz CT molecular complexity index is 993. The van der Waals surface area contributed by atoms with Crippen molar-refractivity contribution < 1.29 is 27.1 Å². The molecular weight excluding hydrogens is 411 g/mol. The van der Waals surface area contributed by atoms with Crippen LogP contribution < -0.4 is 10.1 Å². The first-order valence-electron chi connectivity index (χ1n) is 8.35. The molecule has 150 valence electrons. The van der Waals surface area contributed by atoms with Crippen LogP contribution in [0.4, 0.5) is 10.1 Å². The van der Waals surface area contributed by atoms with Crippen LogP contribution in [0.1, 0.15) is 10.4 Å². The van der Waals surface area contributed by atoms with Gasteiger partial charge in [-0.05, 0) is 36.4 Å². The fourth-order valence-electron chi connectivity index (χ4n) is 2.74. The summed E-state index contributed by atoms with van der Waals surface area (Å²) in [4.78, 5) is 12.0. The summed E-state index contributed by atoms with van der Waals surface area (Å²) in [5, 5.41) is 2.98. The molecule has 1 aliphatic rings. The third-order valence-corrected chi connectivity index (χ3v) is 6.34. The average Bonchev–Trinajstić information content (AvgIpc) is 2.69. The molecule has 0 unspecified atom stereocenters. The normalized spacial score (nSPS) is 15.2. The molecule has 0 aliphatic carbocycles. The minimum absolute atomic E-state index is 0.0183. The predicted molar refractivity (Wildman–Crippen MR) is 102 cm³/mol. The molecule has 0 aromatic heterocycles. The van der Waals surface area contributed by atoms with E-state index in [0.717, 1.165) is 16.4 Å². The van der Waals surface area contributed by atoms with E-state index >= 15 is 0 Å². The molecule has 1 aliphatic heterocycles. The van der Waals surface area contributed by atoms with Crippen molar-refractivity contribution in [3.8, 4) is 5.75 Å². The van der Waals surface area contributed by atoms with Gasteiger partial charge in [0, 0.05) is 23.7 Å². The number of carbonyl (C=O) groups is 1. The zero-order chi connectivity index (χ0) is 20.3. The highest BCUT2D eigenvalue weighted by atomic mass is 35.5. The van der Waals surface area contributed by atoms with Crippen LogP contribution in [0.2, 0.25) is 5.02 Å². The van der Waals surface area contributed by atoms with Crippen molar-refractivity contribution in [2.75, 3.05) is 38.7 Å². The lowest BCUT2D eigenvalue weighted by molar-refractivity contribution is 0.0729. The number of morpholine rings is 1. The molecule has 3 rings (SSSR count). The van der Waals surface area contributed by atoms with E-state index in [0.29, 0.717) is 16.5 Å². The summed E-state index contributed by atoms with van der Waals surface area (Å²) in [6.45, 7) is 0.709. The monoisotopic (exact) mass is 428 g/mol. The zero-order valence-electron chi connectivity index (χ0n) is 14.9. The SMILES string of the molecule is COc1ccc(Cl)cc1NC(=O)c1ccc(F)c(S(=O)(=O)N2CCOCC2)c1. The average molecular weight is 429 g/mol. The van der Waals surface area contributed by atoms with E-state index in [-0.39, 0.29) is 31.9 Å². The Kier molecular flexibility index (Phi) is 6.19. The van der Waals surface area contributed by atoms with Gasteiger partial charge in [0.25, 0.3) is 5.91 Å². The van der Waals surface area contributed by atoms with Gasteiger partial charge >= 0.3 is 0 Å². The van der Waals surface area contributed by atoms with E-state index in [1.165, 1.54) is 19.2 Å². The van der Waals surface area contributed by atoms with Gasteiger partial charge in [0.15, 0.2) is 0 Å². The second-order valence-electron chi connectivity index (χ2n) is 5.96. The van der Waals surface area contributed by atoms with Crippen molar-refractivity contribution in [1.82, 2.24) is 4.31 Å². The number of ether oxygens (including phenoxy) is 2. The molecule has 0 atom stereocenters. The van der Waals surface area contributed by atoms with Crippen molar-refractivity contribution in [1.29, 1.82) is 0 Å². The number of amides is 1. The summed E-state index contributed by atoms with van der Waals surface area (Å²) in [5.41, 5.74) is 0.289. The fraction of sp³-hybridized carbons (Fsp3) is 0.278. The van der Waals surface area contributed by atoms with Gasteiger partial charge < -0.3 is 14.8 Å². The Morgan fingerprint density at radius 1 is 1.21 bits per heavy atom. The van der Waals surface area contributed by atoms with Crippen molar-refractivity contribution in [3.63, 3.8) is 0 Å². The van der Waals surface area contributed by atoms with Gasteiger partial charge in [0.1, 0.15) is 16.5 Å². The minimum Gasteiger partial charge on any atom is -0.495 e. The van der Waals surface area contributed by atoms with Crippen molar-refractivity contribution in [2.24, 2.45) is 0 Å². The lowest BCUT2D eigenvalue weighted by atomic mass is 10.2. The Hall–Kier alpha value is -2.20. The maximum absolute atomic E-state index is 14.3. The van der Waals surface area contributed by atoms with E-state index in [9.17, 15) is 17.6 Å². The third-order valence-electron chi connectivity index (χ3n) is 4.19. The second-order valence-corrected chi connectivity index (χ2v) is 8.30. The number of hydrogen-bond acceptors (Lipinski definition) is 5. The number of anilines is 1. The van der Waals surface area contributed by atoms with Crippen LogP contribution in [0.25, 0.3) is 0 Å². The van der Waals surface area contributed by atoms with Crippen LogP contribution >= 0.6 is 11.6 Å². The van der Waals surface area contributed by atoms with E-state index in [2.05, 4.69) is 5.32 Å². The topological polar surface area (TPSA) is 84.9 Å². The smallest absolute Gasteiger partial charge is 0.255 e. The molecule has 1 N–H and O–H groups in total. The number of hydrogen-bond donors (Lipinski definition) is 1. The molecule has 2 aromatic rings. The highest BCUT2D eigenvalue weighted by Gasteiger charge is 2.29. The summed E-state index contributed by atoms with van der Waals surface area (Å²) >= 11 is 5.94. The van der Waals surface area contributed by atoms with Crippen molar-refractivity contribution in [2.45, 2.75) is 4.90 Å². The lowest BCUT2D eigenvalue weighted by Gasteiger charge is -2.26. The van der Waals surface area contributed by atoms with Gasteiger partial charge in [-0.3, -0.25) is 4.79 Å². The Labute approximate surface area is 167 Å². The number of methoxy groups -OCH3 is 1. The van der Waals surface area contributed by atoms with Gasteiger partial charge in [0.2, 0.25) is 10.0 Å². The van der Waals surface area contributed by atoms with E-state index < -0.39 is 26.6 Å². The number of nitrogens with zero attached hydrogens (tertiary/aromatic N) is 1. The number of sulfonamides is 1. The van der Waals surface area contributed by atoms with E-state index in [4.69, 9.17) is 21.1 Å². The van der Waals surface area contributed by atoms with Crippen LogP contribution in [-0.2, 0) is 14.8 Å². The Morgan fingerprint density at radius 2 is 1.93 bits per heavy atom. The summed E-state index contributed by atoms with van der Waals surface area (Å²) < 4.78 is 51.2. The van der Waals surface area contributed by atoms with Gasteiger partial charge in [-0.15, -0.1) is 0 Å². The van der Waals surface area contributed by atoms with Crippen LogP contribution in [-0.4, -0.2) is 52.0 Å². The molecule has 0 bridgehead atoms. The summed E-state index contributed by atoms with van der Waals surface area (Å²) in [5.74, 6) is -1.18. The molecule has 1 heterocycles. The molecular formula is C18H18ClFN2O5S. The summed E-state index contributed by atoms with van der Waals surface area (Å²) in [7, 11) is -2.65. The number of benzene rings is 2. The van der Waals surface area contributed by atoms with Gasteiger partial charge in [-0.2, -0.15) is 4.31 Å². The first-order chi connectivity index (χ1) is 13.3. The van der Waals surface area contributed by atoms with Gasteiger partial charge in [-0.25, -0.2) is 12.8 Å². The molecule has 0 spiro atoms. The number of rotatable bonds is 5. The fourth-order valence-corrected chi connectivity index (χ4v) is 4.41. The Morgan fingerprint density at radius 3 is 2.61 bits per heavy atom. The predicted octanol–water partition coefficient (Wildman–Crippen LogP) is 2.76. The third kappa shape index (κ3) is 4.27. The van der Waals surface area contributed by atoms with Crippen LogP contribution in [0.5, 0.6) is 5.75 Å². The molecule has 0 saturated carbocycles. The molecule has 10 heteroatoms. The highest BCUT2D eigenvalue weighted by molar-refractivity contribution is 7.89. The van der Waals surface area contributed by atoms with Gasteiger partial charge in [0.05, 0.1) is 26.0 Å². The molecule has 1 fully saturated rings. The highest BCUT2D eigenvalue weighted by Crippen LogP contribution is 2.29. The molecule has 28 heavy (non-hydrogen) atoms. The molecule has 1 amide bonds. The quantitative estimate of drug-likeness (QED) is 0.791.